The second-order valence-electron chi connectivity index (χ2n) is 6.05. The lowest BCUT2D eigenvalue weighted by atomic mass is 9.82. The number of rotatable bonds is 4. The smallest absolute Gasteiger partial charge is 0.314 e. The maximum Gasteiger partial charge on any atom is 0.314 e. The predicted octanol–water partition coefficient (Wildman–Crippen LogP) is 5.13. The van der Waals surface area contributed by atoms with Crippen molar-refractivity contribution in [2.75, 3.05) is 0 Å². The van der Waals surface area contributed by atoms with Crippen LogP contribution in [0.1, 0.15) is 36.8 Å². The lowest BCUT2D eigenvalue weighted by Crippen LogP contribution is -2.25. The van der Waals surface area contributed by atoms with Gasteiger partial charge in [0, 0.05) is 0 Å². The number of aryl methyl sites for hydroxylation is 2. The average molecular weight is 321 g/mol. The lowest BCUT2D eigenvalue weighted by Gasteiger charge is -2.25. The molecule has 1 fully saturated rings. The molecule has 1 aromatic carbocycles. The summed E-state index contributed by atoms with van der Waals surface area (Å²) in [6.07, 6.45) is 1.70. The molecule has 0 heterocycles. The minimum Gasteiger partial charge on any atom is -0.426 e. The highest BCUT2D eigenvalue weighted by Gasteiger charge is 2.27. The Morgan fingerprint density at radius 1 is 1.22 bits per heavy atom. The quantitative estimate of drug-likeness (QED) is 0.438. The molecule has 5 heteroatoms. The molecule has 0 spiro atoms. The van der Waals surface area contributed by atoms with E-state index in [4.69, 9.17) is 4.74 Å². The number of carbonyl (C=O) groups is 1. The summed E-state index contributed by atoms with van der Waals surface area (Å²) < 4.78 is 30.0. The van der Waals surface area contributed by atoms with E-state index in [9.17, 15) is 13.6 Å². The van der Waals surface area contributed by atoms with Gasteiger partial charge in [0.25, 0.3) is 6.08 Å². The molecule has 1 saturated carbocycles. The highest BCUT2D eigenvalue weighted by Crippen LogP contribution is 2.33. The van der Waals surface area contributed by atoms with Crippen molar-refractivity contribution in [2.24, 2.45) is 16.8 Å². The molecule has 3 nitrogen and oxygen atoms in total. The summed E-state index contributed by atoms with van der Waals surface area (Å²) in [6.45, 7) is 7.30. The average Bonchev–Trinajstić information content (AvgIpc) is 2.47. The first-order valence-corrected chi connectivity index (χ1v) is 7.73. The number of hydrogen-bond acceptors (Lipinski definition) is 3. The Bertz CT molecular complexity index is 605. The van der Waals surface area contributed by atoms with E-state index in [0.29, 0.717) is 31.4 Å². The predicted molar refractivity (Wildman–Crippen MR) is 86.5 cm³/mol. The number of allylic oxidation sites excluding steroid dienone is 1. The van der Waals surface area contributed by atoms with Crippen molar-refractivity contribution in [3.63, 3.8) is 0 Å². The van der Waals surface area contributed by atoms with Crippen LogP contribution in [0, 0.1) is 25.7 Å². The van der Waals surface area contributed by atoms with Crippen LogP contribution in [0.5, 0.6) is 5.75 Å². The summed E-state index contributed by atoms with van der Waals surface area (Å²) >= 11 is 0. The Hall–Kier alpha value is -2.04. The van der Waals surface area contributed by atoms with Crippen LogP contribution in [0.4, 0.5) is 14.5 Å². The summed E-state index contributed by atoms with van der Waals surface area (Å²) in [5.41, 5.74) is 2.59. The first-order valence-electron chi connectivity index (χ1n) is 7.73. The van der Waals surface area contributed by atoms with Crippen molar-refractivity contribution in [1.29, 1.82) is 0 Å². The SMILES string of the molecule is C=Nc1c(C)cc(OC(=O)C2CCC(C=C(F)F)CC2)cc1C. The van der Waals surface area contributed by atoms with E-state index in [1.165, 1.54) is 0 Å². The van der Waals surface area contributed by atoms with E-state index in [-0.39, 0.29) is 17.8 Å². The first kappa shape index (κ1) is 17.3. The standard InChI is InChI=1S/C18H21F2NO2/c1-11-8-15(9-12(2)17(11)21-3)23-18(22)14-6-4-13(5-7-14)10-16(19)20/h8-10,13-14H,3-7H2,1-2H3. The van der Waals surface area contributed by atoms with Crippen molar-refractivity contribution < 1.29 is 18.3 Å². The van der Waals surface area contributed by atoms with Gasteiger partial charge in [-0.05, 0) is 81.5 Å². The third kappa shape index (κ3) is 4.47. The van der Waals surface area contributed by atoms with Crippen LogP contribution in [0.3, 0.4) is 0 Å². The third-order valence-corrected chi connectivity index (χ3v) is 4.31. The number of esters is 1. The fourth-order valence-corrected chi connectivity index (χ4v) is 3.12. The molecule has 0 unspecified atom stereocenters. The zero-order valence-electron chi connectivity index (χ0n) is 13.4. The van der Waals surface area contributed by atoms with Gasteiger partial charge < -0.3 is 4.74 Å². The molecule has 2 rings (SSSR count). The molecule has 0 aliphatic heterocycles. The van der Waals surface area contributed by atoms with E-state index in [1.807, 2.05) is 13.8 Å². The topological polar surface area (TPSA) is 38.7 Å². The molecule has 124 valence electrons. The molecular weight excluding hydrogens is 300 g/mol. The van der Waals surface area contributed by atoms with Crippen LogP contribution in [0.2, 0.25) is 0 Å². The van der Waals surface area contributed by atoms with Gasteiger partial charge in [0.05, 0.1) is 11.6 Å². The normalized spacial score (nSPS) is 20.7. The van der Waals surface area contributed by atoms with Crippen molar-refractivity contribution >= 4 is 18.4 Å². The Kier molecular flexibility index (Phi) is 5.64. The summed E-state index contributed by atoms with van der Waals surface area (Å²) in [5, 5.41) is 0. The van der Waals surface area contributed by atoms with Gasteiger partial charge in [-0.2, -0.15) is 8.78 Å². The molecule has 0 saturated heterocycles. The molecule has 0 N–H and O–H groups in total. The Morgan fingerprint density at radius 2 is 1.78 bits per heavy atom. The number of benzene rings is 1. The molecule has 0 amide bonds. The molecule has 0 radical (unpaired) electrons. The van der Waals surface area contributed by atoms with Gasteiger partial charge in [0.2, 0.25) is 0 Å². The minimum atomic E-state index is -1.64. The molecular formula is C18H21F2NO2. The second kappa shape index (κ2) is 7.49. The Balaban J connectivity index is 1.98. The number of hydrogen-bond donors (Lipinski definition) is 0. The van der Waals surface area contributed by atoms with Gasteiger partial charge in [-0.15, -0.1) is 0 Å². The maximum absolute atomic E-state index is 12.3. The Labute approximate surface area is 135 Å². The van der Waals surface area contributed by atoms with Crippen molar-refractivity contribution in [3.05, 3.63) is 35.4 Å². The zero-order valence-corrected chi connectivity index (χ0v) is 13.4. The van der Waals surface area contributed by atoms with E-state index < -0.39 is 6.08 Å². The fourth-order valence-electron chi connectivity index (χ4n) is 3.12. The lowest BCUT2D eigenvalue weighted by molar-refractivity contribution is -0.140. The van der Waals surface area contributed by atoms with Gasteiger partial charge in [0.1, 0.15) is 5.75 Å². The van der Waals surface area contributed by atoms with E-state index >= 15 is 0 Å². The number of nitrogens with zero attached hydrogens (tertiary/aromatic N) is 1. The number of halogens is 2. The minimum absolute atomic E-state index is 0.133. The Morgan fingerprint density at radius 3 is 2.26 bits per heavy atom. The second-order valence-corrected chi connectivity index (χ2v) is 6.05. The molecule has 0 bridgehead atoms. The third-order valence-electron chi connectivity index (χ3n) is 4.31. The molecule has 23 heavy (non-hydrogen) atoms. The zero-order chi connectivity index (χ0) is 17.0. The molecule has 0 aromatic heterocycles. The van der Waals surface area contributed by atoms with Crippen LogP contribution in [0.25, 0.3) is 0 Å². The van der Waals surface area contributed by atoms with Gasteiger partial charge in [-0.3, -0.25) is 9.79 Å². The van der Waals surface area contributed by atoms with Crippen molar-refractivity contribution in [1.82, 2.24) is 0 Å². The summed E-state index contributed by atoms with van der Waals surface area (Å²) in [6, 6.07) is 3.53. The monoisotopic (exact) mass is 321 g/mol. The highest BCUT2D eigenvalue weighted by molar-refractivity contribution is 5.75. The van der Waals surface area contributed by atoms with E-state index in [2.05, 4.69) is 11.7 Å². The van der Waals surface area contributed by atoms with Crippen molar-refractivity contribution in [3.8, 4) is 5.75 Å². The van der Waals surface area contributed by atoms with E-state index in [1.54, 1.807) is 12.1 Å². The van der Waals surface area contributed by atoms with Crippen molar-refractivity contribution in [2.45, 2.75) is 39.5 Å². The van der Waals surface area contributed by atoms with Crippen LogP contribution in [-0.2, 0) is 4.79 Å². The van der Waals surface area contributed by atoms with Gasteiger partial charge in [-0.25, -0.2) is 0 Å². The summed E-state index contributed by atoms with van der Waals surface area (Å²) in [5.74, 6) is -0.146. The van der Waals surface area contributed by atoms with Gasteiger partial charge in [-0.1, -0.05) is 0 Å². The highest BCUT2D eigenvalue weighted by atomic mass is 19.3. The number of carbonyl (C=O) groups excluding carboxylic acids is 1. The molecule has 1 aromatic rings. The summed E-state index contributed by atoms with van der Waals surface area (Å²) in [4.78, 5) is 16.2. The van der Waals surface area contributed by atoms with Crippen LogP contribution >= 0.6 is 0 Å². The molecule has 0 atom stereocenters. The molecule has 1 aliphatic rings. The fraction of sp³-hybridized carbons (Fsp3) is 0.444. The maximum atomic E-state index is 12.3. The molecule has 1 aliphatic carbocycles. The van der Waals surface area contributed by atoms with Crippen LogP contribution in [0.15, 0.2) is 29.3 Å². The van der Waals surface area contributed by atoms with Crippen LogP contribution in [-0.4, -0.2) is 12.7 Å². The summed E-state index contributed by atoms with van der Waals surface area (Å²) in [7, 11) is 0. The number of ether oxygens (including phenoxy) is 1. The first-order chi connectivity index (χ1) is 10.9. The number of aliphatic imine (C=N–C) groups is 1. The largest absolute Gasteiger partial charge is 0.426 e. The van der Waals surface area contributed by atoms with E-state index in [0.717, 1.165) is 22.9 Å². The van der Waals surface area contributed by atoms with Gasteiger partial charge >= 0.3 is 5.97 Å². The van der Waals surface area contributed by atoms with Crippen LogP contribution < -0.4 is 4.74 Å². The van der Waals surface area contributed by atoms with Gasteiger partial charge in [0.15, 0.2) is 0 Å².